The highest BCUT2D eigenvalue weighted by Crippen LogP contribution is 2.32. The first-order valence-corrected chi connectivity index (χ1v) is 7.12. The molecule has 0 spiro atoms. The monoisotopic (exact) mass is 353 g/mol. The lowest BCUT2D eigenvalue weighted by Crippen LogP contribution is -2.10. The smallest absolute Gasteiger partial charge is 0.148 e. The van der Waals surface area contributed by atoms with Gasteiger partial charge in [0.15, 0.2) is 0 Å². The van der Waals surface area contributed by atoms with Gasteiger partial charge in [-0.15, -0.1) is 0 Å². The van der Waals surface area contributed by atoms with Crippen LogP contribution in [0.15, 0.2) is 51.4 Å². The molecule has 2 aromatic carbocycles. The standard InChI is InChI=1S/C15H10BrClFNO/c16-10-3-1-2-9-7-13(20-15(9)10)14(19)8-4-5-12(18)11(17)6-8/h1-7,14H,19H2. The average Bonchev–Trinajstić information content (AvgIpc) is 2.86. The van der Waals surface area contributed by atoms with Gasteiger partial charge >= 0.3 is 0 Å². The summed E-state index contributed by atoms with van der Waals surface area (Å²) in [7, 11) is 0. The summed E-state index contributed by atoms with van der Waals surface area (Å²) >= 11 is 9.21. The SMILES string of the molecule is NC(c1ccc(F)c(Cl)c1)c1cc2cccc(Br)c2o1. The summed E-state index contributed by atoms with van der Waals surface area (Å²) in [6.45, 7) is 0. The van der Waals surface area contributed by atoms with Crippen LogP contribution in [0.1, 0.15) is 17.4 Å². The topological polar surface area (TPSA) is 39.2 Å². The molecule has 5 heteroatoms. The van der Waals surface area contributed by atoms with E-state index in [4.69, 9.17) is 21.8 Å². The molecule has 3 rings (SSSR count). The zero-order chi connectivity index (χ0) is 14.3. The fourth-order valence-electron chi connectivity index (χ4n) is 2.07. The third kappa shape index (κ3) is 2.35. The van der Waals surface area contributed by atoms with Crippen molar-refractivity contribution < 1.29 is 8.81 Å². The minimum atomic E-state index is -0.493. The van der Waals surface area contributed by atoms with Crippen LogP contribution in [-0.2, 0) is 0 Å². The van der Waals surface area contributed by atoms with Crippen molar-refractivity contribution in [2.24, 2.45) is 5.73 Å². The zero-order valence-electron chi connectivity index (χ0n) is 10.2. The Morgan fingerprint density at radius 1 is 1.20 bits per heavy atom. The predicted molar refractivity (Wildman–Crippen MR) is 81.4 cm³/mol. The van der Waals surface area contributed by atoms with E-state index in [0.717, 1.165) is 15.4 Å². The van der Waals surface area contributed by atoms with Gasteiger partial charge in [0.25, 0.3) is 0 Å². The summed E-state index contributed by atoms with van der Waals surface area (Å²) in [5.41, 5.74) is 7.60. The van der Waals surface area contributed by atoms with Crippen molar-refractivity contribution in [3.63, 3.8) is 0 Å². The lowest BCUT2D eigenvalue weighted by atomic mass is 10.1. The maximum atomic E-state index is 13.2. The molecule has 0 aliphatic rings. The highest BCUT2D eigenvalue weighted by Gasteiger charge is 2.16. The molecule has 0 bridgehead atoms. The summed E-state index contributed by atoms with van der Waals surface area (Å²) in [5, 5.41) is 1.01. The number of rotatable bonds is 2. The van der Waals surface area contributed by atoms with Gasteiger partial charge in [-0.25, -0.2) is 4.39 Å². The molecule has 0 saturated heterocycles. The molecule has 2 N–H and O–H groups in total. The van der Waals surface area contributed by atoms with Crippen molar-refractivity contribution in [3.05, 3.63) is 69.1 Å². The lowest BCUT2D eigenvalue weighted by Gasteiger charge is -2.09. The van der Waals surface area contributed by atoms with E-state index >= 15 is 0 Å². The van der Waals surface area contributed by atoms with Crippen LogP contribution in [0.4, 0.5) is 4.39 Å². The first-order valence-electron chi connectivity index (χ1n) is 5.95. The van der Waals surface area contributed by atoms with Gasteiger partial charge in [-0.3, -0.25) is 0 Å². The van der Waals surface area contributed by atoms with Crippen LogP contribution in [0.3, 0.4) is 0 Å². The Labute approximate surface area is 128 Å². The van der Waals surface area contributed by atoms with Crippen molar-refractivity contribution >= 4 is 38.5 Å². The molecule has 0 radical (unpaired) electrons. The summed E-state index contributed by atoms with van der Waals surface area (Å²) in [4.78, 5) is 0. The molecular weight excluding hydrogens is 345 g/mol. The van der Waals surface area contributed by atoms with Gasteiger partial charge in [-0.2, -0.15) is 0 Å². The Balaban J connectivity index is 2.05. The zero-order valence-corrected chi connectivity index (χ0v) is 12.6. The molecule has 1 atom stereocenters. The Kier molecular flexibility index (Phi) is 3.54. The second-order valence-electron chi connectivity index (χ2n) is 4.46. The molecular formula is C15H10BrClFNO. The number of hydrogen-bond acceptors (Lipinski definition) is 2. The van der Waals surface area contributed by atoms with E-state index < -0.39 is 11.9 Å². The molecule has 20 heavy (non-hydrogen) atoms. The van der Waals surface area contributed by atoms with Gasteiger partial charge in [0.1, 0.15) is 17.2 Å². The third-order valence-electron chi connectivity index (χ3n) is 3.12. The van der Waals surface area contributed by atoms with Crippen LogP contribution in [0.5, 0.6) is 0 Å². The molecule has 1 heterocycles. The summed E-state index contributed by atoms with van der Waals surface area (Å²) in [6.07, 6.45) is 0. The van der Waals surface area contributed by atoms with Crippen LogP contribution in [0.25, 0.3) is 11.0 Å². The Bertz CT molecular complexity index is 787. The van der Waals surface area contributed by atoms with Crippen LogP contribution >= 0.6 is 27.5 Å². The van der Waals surface area contributed by atoms with E-state index in [2.05, 4.69) is 15.9 Å². The number of hydrogen-bond donors (Lipinski definition) is 1. The summed E-state index contributed by atoms with van der Waals surface area (Å²) in [5.74, 6) is 0.143. The van der Waals surface area contributed by atoms with E-state index in [9.17, 15) is 4.39 Å². The maximum absolute atomic E-state index is 13.2. The van der Waals surface area contributed by atoms with E-state index in [1.54, 1.807) is 6.07 Å². The number of halogens is 3. The minimum Gasteiger partial charge on any atom is -0.458 e. The molecule has 2 nitrogen and oxygen atoms in total. The molecule has 0 fully saturated rings. The fourth-order valence-corrected chi connectivity index (χ4v) is 2.72. The van der Waals surface area contributed by atoms with E-state index in [1.165, 1.54) is 12.1 Å². The van der Waals surface area contributed by atoms with Crippen molar-refractivity contribution in [2.45, 2.75) is 6.04 Å². The van der Waals surface area contributed by atoms with Gasteiger partial charge in [-0.05, 0) is 45.8 Å². The molecule has 0 aliphatic heterocycles. The molecule has 1 aromatic heterocycles. The van der Waals surface area contributed by atoms with Crippen LogP contribution in [0, 0.1) is 5.82 Å². The molecule has 1 unspecified atom stereocenters. The van der Waals surface area contributed by atoms with Gasteiger partial charge < -0.3 is 10.2 Å². The van der Waals surface area contributed by atoms with Gasteiger partial charge in [-0.1, -0.05) is 29.8 Å². The van der Waals surface area contributed by atoms with Gasteiger partial charge in [0.05, 0.1) is 15.5 Å². The number of nitrogens with two attached hydrogens (primary N) is 1. The largest absolute Gasteiger partial charge is 0.458 e. The van der Waals surface area contributed by atoms with E-state index in [1.807, 2.05) is 24.3 Å². The second-order valence-corrected chi connectivity index (χ2v) is 5.72. The second kappa shape index (κ2) is 5.20. The average molecular weight is 355 g/mol. The number of fused-ring (bicyclic) bond motifs is 1. The predicted octanol–water partition coefficient (Wildman–Crippen LogP) is 5.04. The molecule has 102 valence electrons. The van der Waals surface area contributed by atoms with Crippen molar-refractivity contribution in [2.75, 3.05) is 0 Å². The van der Waals surface area contributed by atoms with Gasteiger partial charge in [0.2, 0.25) is 0 Å². The highest BCUT2D eigenvalue weighted by atomic mass is 79.9. The number of benzene rings is 2. The Hall–Kier alpha value is -1.36. The summed E-state index contributed by atoms with van der Waals surface area (Å²) in [6, 6.07) is 11.6. The van der Waals surface area contributed by atoms with Crippen LogP contribution in [-0.4, -0.2) is 0 Å². The third-order valence-corrected chi connectivity index (χ3v) is 4.04. The van der Waals surface area contributed by atoms with Crippen molar-refractivity contribution in [3.8, 4) is 0 Å². The minimum absolute atomic E-state index is 0.0511. The normalized spacial score (nSPS) is 12.8. The highest BCUT2D eigenvalue weighted by molar-refractivity contribution is 9.10. The first kappa shape index (κ1) is 13.6. The molecule has 0 amide bonds. The molecule has 0 aliphatic carbocycles. The van der Waals surface area contributed by atoms with Crippen molar-refractivity contribution in [1.82, 2.24) is 0 Å². The Morgan fingerprint density at radius 2 is 2.00 bits per heavy atom. The van der Waals surface area contributed by atoms with Gasteiger partial charge in [0, 0.05) is 5.39 Å². The van der Waals surface area contributed by atoms with Crippen LogP contribution in [0.2, 0.25) is 5.02 Å². The lowest BCUT2D eigenvalue weighted by molar-refractivity contribution is 0.523. The first-order chi connectivity index (χ1) is 9.56. The molecule has 0 saturated carbocycles. The van der Waals surface area contributed by atoms with E-state index in [-0.39, 0.29) is 5.02 Å². The molecule has 3 aromatic rings. The fraction of sp³-hybridized carbons (Fsp3) is 0.0667. The Morgan fingerprint density at radius 3 is 2.70 bits per heavy atom. The maximum Gasteiger partial charge on any atom is 0.148 e. The van der Waals surface area contributed by atoms with Crippen molar-refractivity contribution in [1.29, 1.82) is 0 Å². The van der Waals surface area contributed by atoms with E-state index in [0.29, 0.717) is 11.3 Å². The quantitative estimate of drug-likeness (QED) is 0.700. The van der Waals surface area contributed by atoms with Crippen LogP contribution < -0.4 is 5.73 Å². The summed E-state index contributed by atoms with van der Waals surface area (Å²) < 4.78 is 19.8. The number of furan rings is 1. The number of para-hydroxylation sites is 1.